The Hall–Kier alpha value is -1.88. The largest absolute Gasteiger partial charge is 0.510 e. The molecule has 0 amide bonds. The number of thioether (sulfide) groups is 1. The zero-order chi connectivity index (χ0) is 19.9. The van der Waals surface area contributed by atoms with Gasteiger partial charge in [-0.05, 0) is 11.0 Å². The van der Waals surface area contributed by atoms with Crippen LogP contribution in [0.2, 0.25) is 0 Å². The van der Waals surface area contributed by atoms with Gasteiger partial charge in [0.15, 0.2) is 11.6 Å². The second-order valence-corrected chi connectivity index (χ2v) is 9.05. The van der Waals surface area contributed by atoms with Crippen LogP contribution in [0, 0.1) is 0 Å². The number of hydrogen-bond acceptors (Lipinski definition) is 8. The summed E-state index contributed by atoms with van der Waals surface area (Å²) in [6, 6.07) is 10.1. The number of benzene rings is 1. The van der Waals surface area contributed by atoms with Crippen LogP contribution >= 0.6 is 23.5 Å². The lowest BCUT2D eigenvalue weighted by Gasteiger charge is -2.22. The molecule has 1 atom stereocenters. The van der Waals surface area contributed by atoms with Gasteiger partial charge in [0, 0.05) is 31.8 Å². The number of aromatic nitrogens is 2. The third-order valence-electron chi connectivity index (χ3n) is 4.07. The molecule has 1 aliphatic rings. The van der Waals surface area contributed by atoms with Crippen LogP contribution in [0.25, 0.3) is 0 Å². The molecule has 7 nitrogen and oxygen atoms in total. The van der Waals surface area contributed by atoms with Crippen molar-refractivity contribution in [2.45, 2.75) is 26.8 Å². The molecule has 3 rings (SSSR count). The molecule has 2 aromatic rings. The molecule has 28 heavy (non-hydrogen) atoms. The van der Waals surface area contributed by atoms with Gasteiger partial charge in [0.05, 0.1) is 11.7 Å². The van der Waals surface area contributed by atoms with Crippen molar-refractivity contribution < 1.29 is 9.32 Å². The van der Waals surface area contributed by atoms with E-state index in [2.05, 4.69) is 19.4 Å². The fraction of sp³-hybridized carbons (Fsp3) is 0.333. The van der Waals surface area contributed by atoms with E-state index in [9.17, 15) is 9.32 Å². The van der Waals surface area contributed by atoms with Gasteiger partial charge >= 0.3 is 0 Å². The van der Waals surface area contributed by atoms with E-state index in [1.807, 2.05) is 49.6 Å². The van der Waals surface area contributed by atoms with E-state index in [1.165, 1.54) is 11.8 Å². The summed E-state index contributed by atoms with van der Waals surface area (Å²) in [5.74, 6) is 1.41. The molecule has 1 aromatic carbocycles. The van der Waals surface area contributed by atoms with Crippen molar-refractivity contribution in [2.75, 3.05) is 23.7 Å². The molecule has 3 N–H and O–H groups in total. The maximum Gasteiger partial charge on any atom is 0.188 e. The Bertz CT molecular complexity index is 878. The fourth-order valence-electron chi connectivity index (χ4n) is 2.60. The first-order valence-electron chi connectivity index (χ1n) is 8.94. The van der Waals surface area contributed by atoms with Gasteiger partial charge < -0.3 is 15.7 Å². The number of aliphatic hydroxyl groups is 1. The molecule has 1 unspecified atom stereocenters. The van der Waals surface area contributed by atoms with E-state index >= 15 is 0 Å². The van der Waals surface area contributed by atoms with Crippen LogP contribution in [-0.2, 0) is 17.5 Å². The monoisotopic (exact) mass is 437 g/mol. The molecule has 10 heteroatoms. The highest BCUT2D eigenvalue weighted by Gasteiger charge is 2.24. The first-order chi connectivity index (χ1) is 13.6. The summed E-state index contributed by atoms with van der Waals surface area (Å²) in [6.45, 7) is 5.88. The summed E-state index contributed by atoms with van der Waals surface area (Å²) < 4.78 is 23.5. The first kappa shape index (κ1) is 20.8. The predicted molar refractivity (Wildman–Crippen MR) is 118 cm³/mol. The maximum absolute atomic E-state index is 12.6. The molecule has 0 spiro atoms. The Kier molecular flexibility index (Phi) is 7.49. The van der Waals surface area contributed by atoms with Crippen molar-refractivity contribution in [3.05, 3.63) is 57.0 Å². The molecular weight excluding hydrogens is 414 g/mol. The molecule has 0 radical (unpaired) electrons. The van der Waals surface area contributed by atoms with Crippen molar-refractivity contribution in [1.82, 2.24) is 13.1 Å². The van der Waals surface area contributed by atoms with Crippen LogP contribution in [0.4, 0.5) is 11.6 Å². The average Bonchev–Trinajstić information content (AvgIpc) is 3.15. The fourth-order valence-corrected chi connectivity index (χ4v) is 5.45. The quantitative estimate of drug-likeness (QED) is 0.539. The topological polar surface area (TPSA) is 90.4 Å². The lowest BCUT2D eigenvalue weighted by atomic mass is 10.2. The summed E-state index contributed by atoms with van der Waals surface area (Å²) in [5.41, 5.74) is 1.94. The standard InChI is InChI=1S/C18H23N5O2S3/c1-3-23(4-2)28(25)18-15(24)10-14(12-26-18)20-17-16(21-27-22-17)19-11-13-8-6-5-7-9-13/h5-9,12,24H,3-4,10-11H2,1-2H3,(H,19,21)(H,20,22). The van der Waals surface area contributed by atoms with Gasteiger partial charge in [-0.25, -0.2) is 8.51 Å². The molecule has 1 aromatic heterocycles. The second kappa shape index (κ2) is 10.1. The second-order valence-electron chi connectivity index (χ2n) is 5.96. The number of aliphatic hydroxyl groups excluding tert-OH is 1. The summed E-state index contributed by atoms with van der Waals surface area (Å²) in [4.78, 5) is 0. The van der Waals surface area contributed by atoms with Crippen molar-refractivity contribution in [1.29, 1.82) is 0 Å². The molecule has 0 saturated heterocycles. The van der Waals surface area contributed by atoms with Crippen LogP contribution in [0.5, 0.6) is 0 Å². The highest BCUT2D eigenvalue weighted by molar-refractivity contribution is 8.17. The number of nitrogens with zero attached hydrogens (tertiary/aromatic N) is 3. The molecule has 0 bridgehead atoms. The minimum absolute atomic E-state index is 0.127. The van der Waals surface area contributed by atoms with E-state index in [0.29, 0.717) is 35.5 Å². The van der Waals surface area contributed by atoms with Gasteiger partial charge in [-0.15, -0.1) is 0 Å². The normalized spacial score (nSPS) is 15.5. The minimum Gasteiger partial charge on any atom is -0.510 e. The molecular formula is C18H23N5O2S3. The Labute approximate surface area is 175 Å². The summed E-state index contributed by atoms with van der Waals surface area (Å²) in [6.07, 6.45) is 0.283. The Morgan fingerprint density at radius 3 is 2.57 bits per heavy atom. The van der Waals surface area contributed by atoms with Crippen molar-refractivity contribution in [2.24, 2.45) is 0 Å². The molecule has 150 valence electrons. The zero-order valence-corrected chi connectivity index (χ0v) is 18.2. The van der Waals surface area contributed by atoms with Crippen LogP contribution < -0.4 is 10.6 Å². The zero-order valence-electron chi connectivity index (χ0n) is 15.7. The molecule has 0 aliphatic carbocycles. The van der Waals surface area contributed by atoms with Crippen LogP contribution in [0.1, 0.15) is 25.8 Å². The molecule has 0 fully saturated rings. The first-order valence-corrected chi connectivity index (χ1v) is 11.7. The highest BCUT2D eigenvalue weighted by atomic mass is 32.2. The lowest BCUT2D eigenvalue weighted by Crippen LogP contribution is -2.26. The Balaban J connectivity index is 1.62. The Morgan fingerprint density at radius 2 is 1.89 bits per heavy atom. The number of nitrogens with one attached hydrogen (secondary N) is 2. The van der Waals surface area contributed by atoms with Gasteiger partial charge in [-0.2, -0.15) is 8.75 Å². The van der Waals surface area contributed by atoms with Gasteiger partial charge in [0.2, 0.25) is 0 Å². The third-order valence-corrected chi connectivity index (χ3v) is 7.71. The van der Waals surface area contributed by atoms with E-state index in [1.54, 1.807) is 4.31 Å². The number of rotatable bonds is 9. The van der Waals surface area contributed by atoms with Crippen LogP contribution in [0.15, 0.2) is 51.4 Å². The minimum atomic E-state index is -1.34. The summed E-state index contributed by atoms with van der Waals surface area (Å²) in [5, 5.41) is 18.8. The van der Waals surface area contributed by atoms with E-state index in [-0.39, 0.29) is 12.2 Å². The Morgan fingerprint density at radius 1 is 1.18 bits per heavy atom. The SMILES string of the molecule is CCN(CC)S(=O)C1=C(O)CC(Nc2nsnc2NCc2ccccc2)=CS1. The number of anilines is 2. The average molecular weight is 438 g/mol. The number of hydrogen-bond donors (Lipinski definition) is 3. The van der Waals surface area contributed by atoms with Gasteiger partial charge in [0.1, 0.15) is 21.0 Å². The smallest absolute Gasteiger partial charge is 0.188 e. The van der Waals surface area contributed by atoms with Crippen molar-refractivity contribution >= 4 is 46.1 Å². The molecule has 1 aliphatic heterocycles. The van der Waals surface area contributed by atoms with Crippen molar-refractivity contribution in [3.8, 4) is 0 Å². The predicted octanol–water partition coefficient (Wildman–Crippen LogP) is 4.27. The third kappa shape index (κ3) is 5.13. The van der Waals surface area contributed by atoms with Gasteiger partial charge in [0.25, 0.3) is 0 Å². The van der Waals surface area contributed by atoms with Crippen molar-refractivity contribution in [3.63, 3.8) is 0 Å². The van der Waals surface area contributed by atoms with E-state index < -0.39 is 11.0 Å². The van der Waals surface area contributed by atoms with Gasteiger partial charge in [-0.1, -0.05) is 55.9 Å². The summed E-state index contributed by atoms with van der Waals surface area (Å²) in [7, 11) is -1.34. The summed E-state index contributed by atoms with van der Waals surface area (Å²) >= 11 is 2.40. The van der Waals surface area contributed by atoms with E-state index in [0.717, 1.165) is 23.0 Å². The van der Waals surface area contributed by atoms with Crippen LogP contribution in [-0.4, -0.2) is 35.5 Å². The molecule has 2 heterocycles. The lowest BCUT2D eigenvalue weighted by molar-refractivity contribution is 0.397. The molecule has 0 saturated carbocycles. The highest BCUT2D eigenvalue weighted by Crippen LogP contribution is 2.35. The van der Waals surface area contributed by atoms with Crippen LogP contribution in [0.3, 0.4) is 0 Å². The van der Waals surface area contributed by atoms with E-state index in [4.69, 9.17) is 0 Å². The maximum atomic E-state index is 12.6. The van der Waals surface area contributed by atoms with Gasteiger partial charge in [-0.3, -0.25) is 0 Å².